The Labute approximate surface area is 209 Å². The average Bonchev–Trinajstić information content (AvgIpc) is 2.82. The van der Waals surface area contributed by atoms with E-state index in [0.717, 1.165) is 12.1 Å². The Morgan fingerprint density at radius 2 is 1.69 bits per heavy atom. The zero-order valence-corrected chi connectivity index (χ0v) is 19.8. The van der Waals surface area contributed by atoms with Crippen LogP contribution in [0, 0.1) is 0 Å². The van der Waals surface area contributed by atoms with E-state index in [4.69, 9.17) is 27.9 Å². The molecule has 0 aromatic heterocycles. The molecule has 0 saturated carbocycles. The lowest BCUT2D eigenvalue weighted by Crippen LogP contribution is -2.24. The van der Waals surface area contributed by atoms with Crippen molar-refractivity contribution in [1.82, 2.24) is 5.12 Å². The van der Waals surface area contributed by atoms with Crippen molar-refractivity contribution in [2.45, 2.75) is 13.5 Å². The van der Waals surface area contributed by atoms with Crippen molar-refractivity contribution < 1.29 is 33.4 Å². The van der Waals surface area contributed by atoms with E-state index in [0.29, 0.717) is 5.56 Å². The van der Waals surface area contributed by atoms with Gasteiger partial charge in [0.05, 0.1) is 28.8 Å². The molecule has 0 saturated heterocycles. The molecule has 3 aromatic rings. The molecule has 182 valence electrons. The van der Waals surface area contributed by atoms with Crippen LogP contribution in [-0.2, 0) is 20.9 Å². The van der Waals surface area contributed by atoms with Crippen LogP contribution < -0.4 is 10.1 Å². The molecule has 2 N–H and O–H groups in total. The number of benzene rings is 3. The standard InChI is InChI=1S/C24H19Cl2FN2O6/c1-2-34-24(33)22(31)28-15-10-18(25)21(19(26)11-15)35-16-8-9-20(30)17(12-16)23(32)29(27)13-14-6-4-3-5-7-14/h3-12,30H,2,13H2,1H3,(H,28,31). The number of ether oxygens (including phenoxy) is 2. The van der Waals surface area contributed by atoms with E-state index in [1.807, 2.05) is 0 Å². The minimum Gasteiger partial charge on any atom is -0.507 e. The molecule has 0 bridgehead atoms. The highest BCUT2D eigenvalue weighted by Crippen LogP contribution is 2.39. The summed E-state index contributed by atoms with van der Waals surface area (Å²) in [5.41, 5.74) is 0.330. The van der Waals surface area contributed by atoms with Crippen molar-refractivity contribution in [2.24, 2.45) is 0 Å². The third kappa shape index (κ3) is 6.62. The summed E-state index contributed by atoms with van der Waals surface area (Å²) < 4.78 is 24.8. The van der Waals surface area contributed by atoms with Gasteiger partial charge in [-0.3, -0.25) is 9.59 Å². The van der Waals surface area contributed by atoms with Gasteiger partial charge in [0.2, 0.25) is 0 Å². The summed E-state index contributed by atoms with van der Waals surface area (Å²) in [4.78, 5) is 35.9. The van der Waals surface area contributed by atoms with Gasteiger partial charge in [0.1, 0.15) is 11.5 Å². The molecular formula is C24H19Cl2FN2O6. The lowest BCUT2D eigenvalue weighted by Gasteiger charge is -2.15. The van der Waals surface area contributed by atoms with Crippen molar-refractivity contribution in [1.29, 1.82) is 0 Å². The van der Waals surface area contributed by atoms with Gasteiger partial charge in [-0.2, -0.15) is 5.12 Å². The molecule has 3 rings (SSSR count). The molecule has 0 aliphatic heterocycles. The number of nitrogens with zero attached hydrogens (tertiary/aromatic N) is 1. The number of halogens is 3. The number of carbonyl (C=O) groups is 3. The predicted octanol–water partition coefficient (Wildman–Crippen LogP) is 5.52. The summed E-state index contributed by atoms with van der Waals surface area (Å²) in [6, 6.07) is 14.7. The fourth-order valence-corrected chi connectivity index (χ4v) is 3.49. The second kappa shape index (κ2) is 11.5. The predicted molar refractivity (Wildman–Crippen MR) is 127 cm³/mol. The largest absolute Gasteiger partial charge is 0.507 e. The van der Waals surface area contributed by atoms with Gasteiger partial charge in [-0.05, 0) is 42.8 Å². The van der Waals surface area contributed by atoms with Gasteiger partial charge >= 0.3 is 11.9 Å². The smallest absolute Gasteiger partial charge is 0.397 e. The fraction of sp³-hybridized carbons (Fsp3) is 0.125. The summed E-state index contributed by atoms with van der Waals surface area (Å²) in [5, 5.41) is 12.3. The van der Waals surface area contributed by atoms with Crippen LogP contribution in [0.4, 0.5) is 10.2 Å². The molecule has 8 nitrogen and oxygen atoms in total. The fourth-order valence-electron chi connectivity index (χ4n) is 2.92. The summed E-state index contributed by atoms with van der Waals surface area (Å²) in [7, 11) is 0. The topological polar surface area (TPSA) is 105 Å². The number of phenolic OH excluding ortho intramolecular Hbond substituents is 1. The van der Waals surface area contributed by atoms with E-state index in [2.05, 4.69) is 10.1 Å². The van der Waals surface area contributed by atoms with Crippen LogP contribution in [0.1, 0.15) is 22.8 Å². The van der Waals surface area contributed by atoms with E-state index in [9.17, 15) is 24.0 Å². The first-order valence-electron chi connectivity index (χ1n) is 10.2. The number of amides is 2. The van der Waals surface area contributed by atoms with Crippen molar-refractivity contribution in [3.8, 4) is 17.2 Å². The van der Waals surface area contributed by atoms with Gasteiger partial charge in [0.25, 0.3) is 5.91 Å². The maximum atomic E-state index is 14.5. The quantitative estimate of drug-likeness (QED) is 0.241. The Hall–Kier alpha value is -3.82. The van der Waals surface area contributed by atoms with Crippen LogP contribution in [0.2, 0.25) is 10.0 Å². The van der Waals surface area contributed by atoms with E-state index < -0.39 is 23.5 Å². The Morgan fingerprint density at radius 3 is 2.31 bits per heavy atom. The summed E-state index contributed by atoms with van der Waals surface area (Å²) in [6.45, 7) is 1.27. The van der Waals surface area contributed by atoms with Crippen LogP contribution in [0.25, 0.3) is 0 Å². The number of hydrogen-bond acceptors (Lipinski definition) is 6. The molecular weight excluding hydrogens is 502 g/mol. The Balaban J connectivity index is 1.78. The average molecular weight is 521 g/mol. The van der Waals surface area contributed by atoms with E-state index >= 15 is 0 Å². The Kier molecular flexibility index (Phi) is 8.51. The maximum Gasteiger partial charge on any atom is 0.397 e. The van der Waals surface area contributed by atoms with E-state index in [-0.39, 0.29) is 51.1 Å². The lowest BCUT2D eigenvalue weighted by atomic mass is 10.1. The molecule has 3 aromatic carbocycles. The first kappa shape index (κ1) is 25.8. The third-order valence-electron chi connectivity index (χ3n) is 4.52. The van der Waals surface area contributed by atoms with Crippen LogP contribution >= 0.6 is 23.2 Å². The van der Waals surface area contributed by atoms with Gasteiger partial charge < -0.3 is 19.9 Å². The van der Waals surface area contributed by atoms with Crippen LogP contribution in [0.3, 0.4) is 0 Å². The number of rotatable bonds is 7. The summed E-state index contributed by atoms with van der Waals surface area (Å²) in [5.74, 6) is -3.62. The highest BCUT2D eigenvalue weighted by Gasteiger charge is 2.22. The van der Waals surface area contributed by atoms with Gasteiger partial charge in [0, 0.05) is 5.69 Å². The number of anilines is 1. The zero-order valence-electron chi connectivity index (χ0n) is 18.3. The van der Waals surface area contributed by atoms with Crippen molar-refractivity contribution in [3.63, 3.8) is 0 Å². The SMILES string of the molecule is CCOC(=O)C(=O)Nc1cc(Cl)c(Oc2ccc(O)c(C(=O)N(F)Cc3ccccc3)c2)c(Cl)c1. The second-order valence-electron chi connectivity index (χ2n) is 7.04. The highest BCUT2D eigenvalue weighted by atomic mass is 35.5. The van der Waals surface area contributed by atoms with Crippen molar-refractivity contribution >= 4 is 46.7 Å². The molecule has 0 heterocycles. The third-order valence-corrected chi connectivity index (χ3v) is 5.08. The lowest BCUT2D eigenvalue weighted by molar-refractivity contribution is -0.152. The molecule has 0 aliphatic carbocycles. The zero-order chi connectivity index (χ0) is 25.5. The van der Waals surface area contributed by atoms with Gasteiger partial charge in [0.15, 0.2) is 5.75 Å². The van der Waals surface area contributed by atoms with Crippen LogP contribution in [0.15, 0.2) is 60.7 Å². The maximum absolute atomic E-state index is 14.5. The molecule has 11 heteroatoms. The first-order chi connectivity index (χ1) is 16.7. The minimum atomic E-state index is -1.08. The van der Waals surface area contributed by atoms with Gasteiger partial charge in [-0.15, -0.1) is 0 Å². The first-order valence-corrected chi connectivity index (χ1v) is 10.9. The molecule has 0 radical (unpaired) electrons. The van der Waals surface area contributed by atoms with E-state index in [1.165, 1.54) is 18.2 Å². The number of phenols is 1. The Bertz CT molecular complexity index is 1230. The highest BCUT2D eigenvalue weighted by molar-refractivity contribution is 6.39. The molecule has 2 amide bonds. The normalized spacial score (nSPS) is 10.4. The van der Waals surface area contributed by atoms with E-state index in [1.54, 1.807) is 37.3 Å². The number of aromatic hydroxyl groups is 1. The number of esters is 1. The van der Waals surface area contributed by atoms with Crippen LogP contribution in [-0.4, -0.2) is 34.6 Å². The second-order valence-corrected chi connectivity index (χ2v) is 7.85. The number of hydrogen-bond donors (Lipinski definition) is 2. The number of nitrogens with one attached hydrogen (secondary N) is 1. The summed E-state index contributed by atoms with van der Waals surface area (Å²) in [6.07, 6.45) is 0. The number of carbonyl (C=O) groups excluding carboxylic acids is 3. The minimum absolute atomic E-state index is 0.0318. The van der Waals surface area contributed by atoms with Gasteiger partial charge in [-0.1, -0.05) is 58.0 Å². The van der Waals surface area contributed by atoms with Crippen molar-refractivity contribution in [2.75, 3.05) is 11.9 Å². The molecule has 35 heavy (non-hydrogen) atoms. The Morgan fingerprint density at radius 1 is 1.03 bits per heavy atom. The molecule has 0 fully saturated rings. The molecule has 0 spiro atoms. The molecule has 0 aliphatic rings. The summed E-state index contributed by atoms with van der Waals surface area (Å²) >= 11 is 12.4. The molecule has 0 unspecified atom stereocenters. The van der Waals surface area contributed by atoms with Crippen LogP contribution in [0.5, 0.6) is 17.2 Å². The van der Waals surface area contributed by atoms with Crippen molar-refractivity contribution in [3.05, 3.63) is 81.8 Å². The van der Waals surface area contributed by atoms with Gasteiger partial charge in [-0.25, -0.2) is 4.79 Å². The monoisotopic (exact) mass is 520 g/mol. The molecule has 0 atom stereocenters.